The van der Waals surface area contributed by atoms with Crippen molar-refractivity contribution < 1.29 is 23.5 Å². The molecule has 3 aromatic rings. The molecule has 0 N–H and O–H groups in total. The van der Waals surface area contributed by atoms with E-state index in [1.54, 1.807) is 18.2 Å². The molecule has 0 saturated heterocycles. The molecular formula is C20H18O5. The van der Waals surface area contributed by atoms with Crippen LogP contribution in [-0.4, -0.2) is 25.0 Å². The zero-order valence-corrected chi connectivity index (χ0v) is 14.1. The molecule has 0 aliphatic heterocycles. The average molecular weight is 338 g/mol. The summed E-state index contributed by atoms with van der Waals surface area (Å²) >= 11 is 0. The smallest absolute Gasteiger partial charge is 0.344 e. The molecule has 3 rings (SSSR count). The fraction of sp³-hybridized carbons (Fsp3) is 0.200. The first-order valence-electron chi connectivity index (χ1n) is 7.90. The van der Waals surface area contributed by atoms with Crippen LogP contribution in [0.25, 0.3) is 11.0 Å². The van der Waals surface area contributed by atoms with Crippen LogP contribution in [0.3, 0.4) is 0 Å². The van der Waals surface area contributed by atoms with Crippen LogP contribution < -0.4 is 4.74 Å². The highest BCUT2D eigenvalue weighted by atomic mass is 16.6. The number of esters is 1. The lowest BCUT2D eigenvalue weighted by Crippen LogP contribution is -2.19. The third-order valence-corrected chi connectivity index (χ3v) is 3.90. The molecule has 2 aromatic carbocycles. The zero-order chi connectivity index (χ0) is 17.8. The number of carbonyl (C=O) groups excluding carboxylic acids is 2. The molecule has 128 valence electrons. The van der Waals surface area contributed by atoms with Gasteiger partial charge in [0, 0.05) is 5.39 Å². The van der Waals surface area contributed by atoms with Crippen LogP contribution >= 0.6 is 0 Å². The van der Waals surface area contributed by atoms with Gasteiger partial charge in [-0.25, -0.2) is 4.79 Å². The first-order chi connectivity index (χ1) is 12.0. The number of carbonyl (C=O) groups is 2. The summed E-state index contributed by atoms with van der Waals surface area (Å²) in [5.41, 5.74) is 2.84. The number of fused-ring (bicyclic) bond motifs is 1. The lowest BCUT2D eigenvalue weighted by atomic mass is 10.1. The van der Waals surface area contributed by atoms with Crippen LogP contribution in [0.15, 0.2) is 52.9 Å². The van der Waals surface area contributed by atoms with E-state index in [2.05, 4.69) is 0 Å². The SMILES string of the molecule is Cc1ccc(OCC(=O)OCC(=O)c2cc3ccccc3o2)cc1C. The first kappa shape index (κ1) is 16.8. The average Bonchev–Trinajstić information content (AvgIpc) is 3.05. The van der Waals surface area contributed by atoms with Gasteiger partial charge in [-0.15, -0.1) is 0 Å². The van der Waals surface area contributed by atoms with Crippen LogP contribution in [0.2, 0.25) is 0 Å². The number of benzene rings is 2. The van der Waals surface area contributed by atoms with Crippen molar-refractivity contribution in [3.63, 3.8) is 0 Å². The molecule has 0 unspecified atom stereocenters. The maximum Gasteiger partial charge on any atom is 0.344 e. The zero-order valence-electron chi connectivity index (χ0n) is 14.1. The van der Waals surface area contributed by atoms with Crippen LogP contribution in [0.1, 0.15) is 21.7 Å². The molecule has 5 heteroatoms. The minimum atomic E-state index is -0.609. The topological polar surface area (TPSA) is 65.7 Å². The molecule has 0 aliphatic carbocycles. The monoisotopic (exact) mass is 338 g/mol. The number of aryl methyl sites for hydroxylation is 2. The largest absolute Gasteiger partial charge is 0.482 e. The fourth-order valence-corrected chi connectivity index (χ4v) is 2.32. The van der Waals surface area contributed by atoms with Gasteiger partial charge in [0.25, 0.3) is 0 Å². The number of ether oxygens (including phenoxy) is 2. The van der Waals surface area contributed by atoms with E-state index in [1.165, 1.54) is 0 Å². The van der Waals surface area contributed by atoms with Crippen molar-refractivity contribution in [3.8, 4) is 5.75 Å². The number of hydrogen-bond acceptors (Lipinski definition) is 5. The first-order valence-corrected chi connectivity index (χ1v) is 7.90. The molecule has 1 heterocycles. The Morgan fingerprint density at radius 2 is 1.76 bits per heavy atom. The number of Topliss-reactive ketones (excluding diaryl/α,β-unsaturated/α-hetero) is 1. The molecule has 0 saturated carbocycles. The highest BCUT2D eigenvalue weighted by Gasteiger charge is 2.15. The predicted molar refractivity (Wildman–Crippen MR) is 92.9 cm³/mol. The van der Waals surface area contributed by atoms with E-state index >= 15 is 0 Å². The highest BCUT2D eigenvalue weighted by molar-refractivity contribution is 5.99. The third-order valence-electron chi connectivity index (χ3n) is 3.90. The quantitative estimate of drug-likeness (QED) is 0.504. The minimum Gasteiger partial charge on any atom is -0.482 e. The van der Waals surface area contributed by atoms with Gasteiger partial charge in [-0.1, -0.05) is 24.3 Å². The summed E-state index contributed by atoms with van der Waals surface area (Å²) in [6.45, 7) is 3.33. The van der Waals surface area contributed by atoms with E-state index in [0.717, 1.165) is 16.5 Å². The second kappa shape index (κ2) is 7.21. The van der Waals surface area contributed by atoms with Gasteiger partial charge in [-0.2, -0.15) is 0 Å². The van der Waals surface area contributed by atoms with Gasteiger partial charge in [0.1, 0.15) is 11.3 Å². The van der Waals surface area contributed by atoms with Gasteiger partial charge >= 0.3 is 5.97 Å². The molecule has 0 aliphatic rings. The van der Waals surface area contributed by atoms with Gasteiger partial charge in [-0.3, -0.25) is 4.79 Å². The van der Waals surface area contributed by atoms with Crippen molar-refractivity contribution in [1.29, 1.82) is 0 Å². The van der Waals surface area contributed by atoms with Crippen LogP contribution in [-0.2, 0) is 9.53 Å². The predicted octanol–water partition coefficient (Wildman–Crippen LogP) is 3.85. The van der Waals surface area contributed by atoms with E-state index in [9.17, 15) is 9.59 Å². The number of para-hydroxylation sites is 1. The Morgan fingerprint density at radius 3 is 2.52 bits per heavy atom. The van der Waals surface area contributed by atoms with Crippen molar-refractivity contribution in [2.45, 2.75) is 13.8 Å². The van der Waals surface area contributed by atoms with Crippen molar-refractivity contribution >= 4 is 22.7 Å². The summed E-state index contributed by atoms with van der Waals surface area (Å²) in [6.07, 6.45) is 0. The molecule has 0 bridgehead atoms. The Morgan fingerprint density at radius 1 is 0.960 bits per heavy atom. The molecule has 0 spiro atoms. The van der Waals surface area contributed by atoms with Gasteiger partial charge in [0.15, 0.2) is 19.0 Å². The molecule has 0 atom stereocenters. The van der Waals surface area contributed by atoms with Crippen LogP contribution in [0, 0.1) is 13.8 Å². The van der Waals surface area contributed by atoms with Gasteiger partial charge < -0.3 is 13.9 Å². The number of furan rings is 1. The van der Waals surface area contributed by atoms with Crippen molar-refractivity contribution in [2.75, 3.05) is 13.2 Å². The number of ketones is 1. The van der Waals surface area contributed by atoms with E-state index < -0.39 is 11.8 Å². The van der Waals surface area contributed by atoms with E-state index in [1.807, 2.05) is 44.2 Å². The fourth-order valence-electron chi connectivity index (χ4n) is 2.32. The third kappa shape index (κ3) is 4.07. The number of rotatable bonds is 6. The normalized spacial score (nSPS) is 10.6. The number of hydrogen-bond donors (Lipinski definition) is 0. The Hall–Kier alpha value is -3.08. The molecule has 1 aromatic heterocycles. The lowest BCUT2D eigenvalue weighted by molar-refractivity contribution is -0.144. The van der Waals surface area contributed by atoms with Crippen molar-refractivity contribution in [1.82, 2.24) is 0 Å². The lowest BCUT2D eigenvalue weighted by Gasteiger charge is -2.08. The minimum absolute atomic E-state index is 0.170. The molecular weight excluding hydrogens is 320 g/mol. The summed E-state index contributed by atoms with van der Waals surface area (Å²) in [5, 5.41) is 0.829. The summed E-state index contributed by atoms with van der Waals surface area (Å²) in [5.74, 6) is -0.244. The standard InChI is InChI=1S/C20H18O5/c1-13-7-8-16(9-14(13)2)23-12-20(22)24-11-17(21)19-10-15-5-3-4-6-18(15)25-19/h3-10H,11-12H2,1-2H3. The molecule has 25 heavy (non-hydrogen) atoms. The van der Waals surface area contributed by atoms with E-state index in [-0.39, 0.29) is 19.0 Å². The Labute approximate surface area is 145 Å². The second-order valence-electron chi connectivity index (χ2n) is 5.77. The second-order valence-corrected chi connectivity index (χ2v) is 5.77. The van der Waals surface area contributed by atoms with Crippen molar-refractivity contribution in [3.05, 3.63) is 65.4 Å². The molecule has 0 fully saturated rings. The molecule has 0 radical (unpaired) electrons. The van der Waals surface area contributed by atoms with Crippen LogP contribution in [0.5, 0.6) is 5.75 Å². The Balaban J connectivity index is 1.51. The van der Waals surface area contributed by atoms with Gasteiger partial charge in [0.05, 0.1) is 0 Å². The summed E-state index contributed by atoms with van der Waals surface area (Å²) in [7, 11) is 0. The molecule has 0 amide bonds. The summed E-state index contributed by atoms with van der Waals surface area (Å²) < 4.78 is 15.8. The van der Waals surface area contributed by atoms with Crippen molar-refractivity contribution in [2.24, 2.45) is 0 Å². The highest BCUT2D eigenvalue weighted by Crippen LogP contribution is 2.19. The maximum absolute atomic E-state index is 12.1. The van der Waals surface area contributed by atoms with Gasteiger partial charge in [0.2, 0.25) is 5.78 Å². The Bertz CT molecular complexity index is 890. The molecule has 5 nitrogen and oxygen atoms in total. The van der Waals surface area contributed by atoms with E-state index in [0.29, 0.717) is 11.3 Å². The summed E-state index contributed by atoms with van der Waals surface area (Å²) in [4.78, 5) is 23.8. The van der Waals surface area contributed by atoms with Gasteiger partial charge in [-0.05, 0) is 49.2 Å². The summed E-state index contributed by atoms with van der Waals surface area (Å²) in [6, 6.07) is 14.5. The van der Waals surface area contributed by atoms with Crippen LogP contribution in [0.4, 0.5) is 0 Å². The van der Waals surface area contributed by atoms with E-state index in [4.69, 9.17) is 13.9 Å². The maximum atomic E-state index is 12.1. The Kier molecular flexibility index (Phi) is 4.84.